The van der Waals surface area contributed by atoms with E-state index < -0.39 is 0 Å². The number of rotatable bonds is 5. The van der Waals surface area contributed by atoms with E-state index >= 15 is 0 Å². The highest BCUT2D eigenvalue weighted by atomic mass is 16.5. The summed E-state index contributed by atoms with van der Waals surface area (Å²) in [6.45, 7) is 1.39. The largest absolute Gasteiger partial charge is 0.497 e. The van der Waals surface area contributed by atoms with Crippen molar-refractivity contribution in [1.82, 2.24) is 25.1 Å². The molecular weight excluding hydrogens is 358 g/mol. The van der Waals surface area contributed by atoms with Crippen molar-refractivity contribution in [3.63, 3.8) is 0 Å². The van der Waals surface area contributed by atoms with Gasteiger partial charge < -0.3 is 14.4 Å². The number of piperidine rings is 1. The Balaban J connectivity index is 1.51. The number of hydrogen-bond acceptors (Lipinski definition) is 6. The maximum atomic E-state index is 13.0. The normalized spacial score (nSPS) is 16.9. The molecule has 0 aliphatic carbocycles. The number of ether oxygens (including phenoxy) is 2. The van der Waals surface area contributed by atoms with Crippen molar-refractivity contribution in [3.05, 3.63) is 41.9 Å². The average molecular weight is 381 g/mol. The molecule has 3 heterocycles. The maximum absolute atomic E-state index is 13.0. The lowest BCUT2D eigenvalue weighted by Gasteiger charge is -2.32. The van der Waals surface area contributed by atoms with Crippen LogP contribution < -0.4 is 9.47 Å². The van der Waals surface area contributed by atoms with Crippen molar-refractivity contribution in [2.45, 2.75) is 25.2 Å². The van der Waals surface area contributed by atoms with Gasteiger partial charge in [0.2, 0.25) is 5.91 Å². The predicted octanol–water partition coefficient (Wildman–Crippen LogP) is 2.32. The van der Waals surface area contributed by atoms with Crippen LogP contribution in [0, 0.1) is 0 Å². The molecular formula is C20H23N5O3. The first-order valence-corrected chi connectivity index (χ1v) is 9.33. The molecule has 8 nitrogen and oxygen atoms in total. The van der Waals surface area contributed by atoms with Gasteiger partial charge in [-0.3, -0.25) is 9.89 Å². The topological polar surface area (TPSA) is 93.2 Å². The Morgan fingerprint density at radius 1 is 1.25 bits per heavy atom. The number of likely N-dealkylation sites (tertiary alicyclic amines) is 1. The average Bonchev–Trinajstić information content (AvgIpc) is 3.18. The Kier molecular flexibility index (Phi) is 5.10. The Hall–Kier alpha value is -3.16. The molecule has 1 saturated heterocycles. The van der Waals surface area contributed by atoms with Crippen molar-refractivity contribution in [3.8, 4) is 11.5 Å². The van der Waals surface area contributed by atoms with Gasteiger partial charge >= 0.3 is 0 Å². The number of fused-ring (bicyclic) bond motifs is 1. The van der Waals surface area contributed by atoms with Crippen molar-refractivity contribution in [1.29, 1.82) is 0 Å². The first-order chi connectivity index (χ1) is 13.7. The lowest BCUT2D eigenvalue weighted by molar-refractivity contribution is -0.131. The van der Waals surface area contributed by atoms with E-state index in [1.165, 1.54) is 0 Å². The number of carbonyl (C=O) groups excluding carboxylic acids is 1. The molecule has 0 radical (unpaired) electrons. The molecule has 1 aliphatic heterocycles. The van der Waals surface area contributed by atoms with Crippen LogP contribution in [0.15, 0.2) is 30.6 Å². The van der Waals surface area contributed by atoms with Gasteiger partial charge in [0.25, 0.3) is 0 Å². The fraction of sp³-hybridized carbons (Fsp3) is 0.400. The number of H-pyrrole nitrogens is 1. The van der Waals surface area contributed by atoms with Crippen LogP contribution >= 0.6 is 0 Å². The van der Waals surface area contributed by atoms with Gasteiger partial charge in [0.1, 0.15) is 17.0 Å². The van der Waals surface area contributed by atoms with E-state index in [1.807, 2.05) is 23.1 Å². The third-order valence-electron chi connectivity index (χ3n) is 5.23. The number of aromatic nitrogens is 4. The molecule has 146 valence electrons. The third kappa shape index (κ3) is 3.49. The molecule has 0 spiro atoms. The van der Waals surface area contributed by atoms with Gasteiger partial charge in [-0.2, -0.15) is 5.10 Å². The van der Waals surface area contributed by atoms with E-state index in [-0.39, 0.29) is 18.2 Å². The molecule has 4 rings (SSSR count). The lowest BCUT2D eigenvalue weighted by Crippen LogP contribution is -2.40. The van der Waals surface area contributed by atoms with E-state index in [4.69, 9.17) is 9.47 Å². The second kappa shape index (κ2) is 7.84. The molecule has 1 aromatic carbocycles. The fourth-order valence-electron chi connectivity index (χ4n) is 3.79. The minimum absolute atomic E-state index is 0.0751. The first kappa shape index (κ1) is 18.2. The molecule has 1 aliphatic rings. The van der Waals surface area contributed by atoms with Gasteiger partial charge in [-0.25, -0.2) is 9.97 Å². The monoisotopic (exact) mass is 381 g/mol. The SMILES string of the molecule is COc1ccc(OC)c(CC(=O)N2CCCC(c3[nH]nc4nccnc34)C2)c1. The van der Waals surface area contributed by atoms with E-state index in [2.05, 4.69) is 20.2 Å². The number of aromatic amines is 1. The van der Waals surface area contributed by atoms with Crippen LogP contribution in [0.2, 0.25) is 0 Å². The fourth-order valence-corrected chi connectivity index (χ4v) is 3.79. The number of hydrogen-bond donors (Lipinski definition) is 1. The summed E-state index contributed by atoms with van der Waals surface area (Å²) in [6.07, 6.45) is 5.50. The Bertz CT molecular complexity index is 987. The highest BCUT2D eigenvalue weighted by Crippen LogP contribution is 2.30. The van der Waals surface area contributed by atoms with Crippen LogP contribution in [0.25, 0.3) is 11.2 Å². The molecule has 1 N–H and O–H groups in total. The molecule has 1 amide bonds. The summed E-state index contributed by atoms with van der Waals surface area (Å²) >= 11 is 0. The molecule has 1 fully saturated rings. The summed E-state index contributed by atoms with van der Waals surface area (Å²) in [7, 11) is 3.22. The summed E-state index contributed by atoms with van der Waals surface area (Å²) in [5.74, 6) is 1.65. The smallest absolute Gasteiger partial charge is 0.227 e. The number of methoxy groups -OCH3 is 2. The van der Waals surface area contributed by atoms with Crippen molar-refractivity contribution >= 4 is 17.1 Å². The van der Waals surface area contributed by atoms with Crippen LogP contribution in [-0.2, 0) is 11.2 Å². The number of amides is 1. The zero-order chi connectivity index (χ0) is 19.5. The van der Waals surface area contributed by atoms with Crippen LogP contribution in [0.4, 0.5) is 0 Å². The number of nitrogens with zero attached hydrogens (tertiary/aromatic N) is 4. The minimum Gasteiger partial charge on any atom is -0.497 e. The standard InChI is InChI=1S/C20H23N5O3/c1-27-15-5-6-16(28-2)14(10-15)11-17(26)25-9-3-4-13(12-25)18-19-20(24-23-18)22-8-7-21-19/h5-8,10,13H,3-4,9,11-12H2,1-2H3,(H,22,23,24). The summed E-state index contributed by atoms with van der Waals surface area (Å²) < 4.78 is 10.7. The van der Waals surface area contributed by atoms with Gasteiger partial charge in [-0.1, -0.05) is 0 Å². The van der Waals surface area contributed by atoms with E-state index in [1.54, 1.807) is 26.6 Å². The quantitative estimate of drug-likeness (QED) is 0.729. The van der Waals surface area contributed by atoms with Gasteiger partial charge in [0.05, 0.1) is 26.3 Å². The van der Waals surface area contributed by atoms with E-state index in [9.17, 15) is 4.79 Å². The zero-order valence-electron chi connectivity index (χ0n) is 16.0. The van der Waals surface area contributed by atoms with Crippen LogP contribution in [0.3, 0.4) is 0 Å². The van der Waals surface area contributed by atoms with Crippen molar-refractivity contribution < 1.29 is 14.3 Å². The molecule has 2 aromatic heterocycles. The Morgan fingerprint density at radius 3 is 2.93 bits per heavy atom. The Morgan fingerprint density at radius 2 is 2.11 bits per heavy atom. The first-order valence-electron chi connectivity index (χ1n) is 9.33. The zero-order valence-corrected chi connectivity index (χ0v) is 16.0. The van der Waals surface area contributed by atoms with Crippen LogP contribution in [0.5, 0.6) is 11.5 Å². The minimum atomic E-state index is 0.0751. The maximum Gasteiger partial charge on any atom is 0.227 e. The van der Waals surface area contributed by atoms with Gasteiger partial charge in [-0.15, -0.1) is 0 Å². The molecule has 0 saturated carbocycles. The molecule has 1 atom stereocenters. The third-order valence-corrected chi connectivity index (χ3v) is 5.23. The molecule has 28 heavy (non-hydrogen) atoms. The number of benzene rings is 1. The van der Waals surface area contributed by atoms with Gasteiger partial charge in [-0.05, 0) is 31.0 Å². The van der Waals surface area contributed by atoms with E-state index in [0.717, 1.165) is 36.2 Å². The highest BCUT2D eigenvalue weighted by molar-refractivity contribution is 5.80. The highest BCUT2D eigenvalue weighted by Gasteiger charge is 2.28. The summed E-state index contributed by atoms with van der Waals surface area (Å²) in [4.78, 5) is 23.5. The molecule has 1 unspecified atom stereocenters. The predicted molar refractivity (Wildman–Crippen MR) is 103 cm³/mol. The molecule has 8 heteroatoms. The number of carbonyl (C=O) groups is 1. The summed E-state index contributed by atoms with van der Waals surface area (Å²) in [6, 6.07) is 5.51. The summed E-state index contributed by atoms with van der Waals surface area (Å²) in [5.41, 5.74) is 3.18. The second-order valence-electron chi connectivity index (χ2n) is 6.90. The van der Waals surface area contributed by atoms with Crippen molar-refractivity contribution in [2.24, 2.45) is 0 Å². The molecule has 3 aromatic rings. The van der Waals surface area contributed by atoms with Gasteiger partial charge in [0.15, 0.2) is 5.65 Å². The second-order valence-corrected chi connectivity index (χ2v) is 6.90. The van der Waals surface area contributed by atoms with Crippen LogP contribution in [0.1, 0.15) is 30.0 Å². The lowest BCUT2D eigenvalue weighted by atomic mass is 9.93. The summed E-state index contributed by atoms with van der Waals surface area (Å²) in [5, 5.41) is 7.32. The van der Waals surface area contributed by atoms with E-state index in [0.29, 0.717) is 23.7 Å². The number of nitrogens with one attached hydrogen (secondary N) is 1. The Labute approximate surface area is 162 Å². The van der Waals surface area contributed by atoms with Gasteiger partial charge in [0, 0.05) is 37.0 Å². The molecule has 0 bridgehead atoms. The van der Waals surface area contributed by atoms with Crippen LogP contribution in [-0.4, -0.2) is 58.3 Å². The van der Waals surface area contributed by atoms with Crippen molar-refractivity contribution in [2.75, 3.05) is 27.3 Å².